The van der Waals surface area contributed by atoms with Gasteiger partial charge in [-0.25, -0.2) is 19.3 Å². The van der Waals surface area contributed by atoms with Gasteiger partial charge in [-0.1, -0.05) is 18.2 Å². The minimum Gasteiger partial charge on any atom is -0.323 e. The van der Waals surface area contributed by atoms with Gasteiger partial charge in [0, 0.05) is 23.5 Å². The van der Waals surface area contributed by atoms with Gasteiger partial charge in [0.2, 0.25) is 11.9 Å². The van der Waals surface area contributed by atoms with Crippen LogP contribution in [0.25, 0.3) is 11.1 Å². The Morgan fingerprint density at radius 1 is 0.900 bits per heavy atom. The monoisotopic (exact) mass is 404 g/mol. The molecule has 0 aliphatic rings. The van der Waals surface area contributed by atoms with Gasteiger partial charge in [0.15, 0.2) is 0 Å². The molecule has 0 aliphatic carbocycles. The van der Waals surface area contributed by atoms with Crippen LogP contribution in [0.2, 0.25) is 0 Å². The lowest BCUT2D eigenvalue weighted by molar-refractivity contribution is 0.102. The number of nitrogens with one attached hydrogen (secondary N) is 2. The Kier molecular flexibility index (Phi) is 5.33. The van der Waals surface area contributed by atoms with Gasteiger partial charge in [0.05, 0.1) is 23.8 Å². The number of aromatic nitrogens is 4. The quantitative estimate of drug-likeness (QED) is 0.484. The third-order valence-electron chi connectivity index (χ3n) is 4.05. The van der Waals surface area contributed by atoms with Gasteiger partial charge < -0.3 is 10.6 Å². The smallest absolute Gasteiger partial charge is 0.274 e. The first-order chi connectivity index (χ1) is 14.6. The Morgan fingerprint density at radius 3 is 2.57 bits per heavy atom. The first-order valence-corrected chi connectivity index (χ1v) is 8.81. The number of anilines is 3. The van der Waals surface area contributed by atoms with E-state index >= 15 is 0 Å². The zero-order valence-corrected chi connectivity index (χ0v) is 15.4. The van der Waals surface area contributed by atoms with Crippen LogP contribution in [0.3, 0.4) is 0 Å². The van der Waals surface area contributed by atoms with Gasteiger partial charge in [0.1, 0.15) is 11.5 Å². The number of carbonyl (C=O) groups excluding carboxylic acids is 1. The lowest BCUT2D eigenvalue weighted by Crippen LogP contribution is -2.15. The SMILES string of the molecule is O=C(Nc1cncc(-c2ccccc2F)c1)c1ccnc(Nc2ccc(F)nc2)n1. The summed E-state index contributed by atoms with van der Waals surface area (Å²) in [6.07, 6.45) is 5.66. The standard InChI is InChI=1S/C21H14F2N6O/c22-17-4-2-1-3-16(17)13-9-15(11-24-10-13)27-20(30)18-7-8-25-21(29-18)28-14-5-6-19(23)26-12-14/h1-12H,(H,27,30)(H,25,28,29). The highest BCUT2D eigenvalue weighted by Gasteiger charge is 2.12. The van der Waals surface area contributed by atoms with Gasteiger partial charge in [0.25, 0.3) is 5.91 Å². The van der Waals surface area contributed by atoms with Crippen LogP contribution in [0.1, 0.15) is 10.5 Å². The van der Waals surface area contributed by atoms with Crippen LogP contribution in [-0.4, -0.2) is 25.8 Å². The second-order valence-corrected chi connectivity index (χ2v) is 6.16. The van der Waals surface area contributed by atoms with Crippen molar-refractivity contribution in [3.8, 4) is 11.1 Å². The largest absolute Gasteiger partial charge is 0.323 e. The molecule has 4 rings (SSSR count). The molecule has 0 radical (unpaired) electrons. The molecule has 0 fully saturated rings. The number of halogens is 2. The van der Waals surface area contributed by atoms with Crippen molar-refractivity contribution >= 4 is 23.2 Å². The number of nitrogens with zero attached hydrogens (tertiary/aromatic N) is 4. The topological polar surface area (TPSA) is 92.7 Å². The maximum absolute atomic E-state index is 14.0. The van der Waals surface area contributed by atoms with Crippen LogP contribution < -0.4 is 10.6 Å². The van der Waals surface area contributed by atoms with E-state index in [2.05, 4.69) is 30.6 Å². The Labute approximate surface area is 169 Å². The zero-order valence-electron chi connectivity index (χ0n) is 15.4. The summed E-state index contributed by atoms with van der Waals surface area (Å²) in [5.74, 6) is -1.34. The van der Waals surface area contributed by atoms with Crippen molar-refractivity contribution in [1.29, 1.82) is 0 Å². The number of carbonyl (C=O) groups is 1. The predicted octanol–water partition coefficient (Wildman–Crippen LogP) is 4.21. The molecule has 3 aromatic heterocycles. The van der Waals surface area contributed by atoms with Crippen LogP contribution in [0.15, 0.2) is 73.3 Å². The molecule has 0 spiro atoms. The molecule has 0 saturated carbocycles. The van der Waals surface area contributed by atoms with Crippen molar-refractivity contribution < 1.29 is 13.6 Å². The maximum Gasteiger partial charge on any atom is 0.274 e. The van der Waals surface area contributed by atoms with Gasteiger partial charge in [-0.3, -0.25) is 9.78 Å². The summed E-state index contributed by atoms with van der Waals surface area (Å²) in [6.45, 7) is 0. The van der Waals surface area contributed by atoms with Crippen molar-refractivity contribution in [2.24, 2.45) is 0 Å². The molecule has 4 aromatic rings. The maximum atomic E-state index is 14.0. The molecular formula is C21H14F2N6O. The molecule has 2 N–H and O–H groups in total. The summed E-state index contributed by atoms with van der Waals surface area (Å²) in [4.78, 5) is 28.4. The second-order valence-electron chi connectivity index (χ2n) is 6.16. The van der Waals surface area contributed by atoms with E-state index in [1.165, 1.54) is 49.1 Å². The lowest BCUT2D eigenvalue weighted by Gasteiger charge is -2.09. The van der Waals surface area contributed by atoms with Gasteiger partial charge in [-0.05, 0) is 30.3 Å². The Hall–Kier alpha value is -4.27. The second kappa shape index (κ2) is 8.39. The third-order valence-corrected chi connectivity index (χ3v) is 4.05. The first kappa shape index (κ1) is 19.1. The molecule has 0 saturated heterocycles. The summed E-state index contributed by atoms with van der Waals surface area (Å²) in [7, 11) is 0. The molecular weight excluding hydrogens is 390 g/mol. The van der Waals surface area contributed by atoms with E-state index in [4.69, 9.17) is 0 Å². The molecule has 1 aromatic carbocycles. The molecule has 0 aliphatic heterocycles. The summed E-state index contributed by atoms with van der Waals surface area (Å²) in [5.41, 5.74) is 1.86. The summed E-state index contributed by atoms with van der Waals surface area (Å²) >= 11 is 0. The van der Waals surface area contributed by atoms with Crippen LogP contribution in [0.4, 0.5) is 26.1 Å². The molecule has 3 heterocycles. The lowest BCUT2D eigenvalue weighted by atomic mass is 10.1. The minimum absolute atomic E-state index is 0.0962. The van der Waals surface area contributed by atoms with E-state index in [1.807, 2.05) is 0 Å². The van der Waals surface area contributed by atoms with E-state index in [0.29, 0.717) is 22.5 Å². The number of rotatable bonds is 5. The van der Waals surface area contributed by atoms with Crippen molar-refractivity contribution in [3.63, 3.8) is 0 Å². The molecule has 0 unspecified atom stereocenters. The molecule has 30 heavy (non-hydrogen) atoms. The average molecular weight is 404 g/mol. The Morgan fingerprint density at radius 2 is 1.77 bits per heavy atom. The van der Waals surface area contributed by atoms with Gasteiger partial charge >= 0.3 is 0 Å². The molecule has 7 nitrogen and oxygen atoms in total. The fourth-order valence-corrected chi connectivity index (χ4v) is 2.67. The van der Waals surface area contributed by atoms with Gasteiger partial charge in [-0.2, -0.15) is 4.39 Å². The van der Waals surface area contributed by atoms with Crippen LogP contribution in [0, 0.1) is 11.8 Å². The summed E-state index contributed by atoms with van der Waals surface area (Å²) < 4.78 is 26.9. The third kappa shape index (κ3) is 4.41. The summed E-state index contributed by atoms with van der Waals surface area (Å²) in [5, 5.41) is 5.52. The minimum atomic E-state index is -0.610. The van der Waals surface area contributed by atoms with E-state index in [0.717, 1.165) is 0 Å². The van der Waals surface area contributed by atoms with E-state index in [9.17, 15) is 13.6 Å². The predicted molar refractivity (Wildman–Crippen MR) is 107 cm³/mol. The fraction of sp³-hybridized carbons (Fsp3) is 0. The number of hydrogen-bond acceptors (Lipinski definition) is 6. The molecule has 0 bridgehead atoms. The van der Waals surface area contributed by atoms with Crippen LogP contribution >= 0.6 is 0 Å². The molecule has 0 atom stereocenters. The molecule has 1 amide bonds. The Bertz CT molecular complexity index is 1200. The van der Waals surface area contributed by atoms with Crippen molar-refractivity contribution in [1.82, 2.24) is 19.9 Å². The van der Waals surface area contributed by atoms with Crippen molar-refractivity contribution in [2.75, 3.05) is 10.6 Å². The highest BCUT2D eigenvalue weighted by atomic mass is 19.1. The van der Waals surface area contributed by atoms with Gasteiger partial charge in [-0.15, -0.1) is 0 Å². The van der Waals surface area contributed by atoms with Crippen molar-refractivity contribution in [3.05, 3.63) is 90.8 Å². The van der Waals surface area contributed by atoms with Crippen LogP contribution in [0.5, 0.6) is 0 Å². The zero-order chi connectivity index (χ0) is 20.9. The van der Waals surface area contributed by atoms with E-state index in [1.54, 1.807) is 24.3 Å². The molecule has 9 heteroatoms. The Balaban J connectivity index is 1.51. The molecule has 148 valence electrons. The number of benzene rings is 1. The highest BCUT2D eigenvalue weighted by Crippen LogP contribution is 2.24. The summed E-state index contributed by atoms with van der Waals surface area (Å²) in [6, 6.07) is 12.0. The number of amides is 1. The van der Waals surface area contributed by atoms with E-state index < -0.39 is 11.9 Å². The number of pyridine rings is 2. The normalized spacial score (nSPS) is 10.5. The highest BCUT2D eigenvalue weighted by molar-refractivity contribution is 6.03. The fourth-order valence-electron chi connectivity index (χ4n) is 2.67. The number of hydrogen-bond donors (Lipinski definition) is 2. The van der Waals surface area contributed by atoms with Crippen LogP contribution in [-0.2, 0) is 0 Å². The first-order valence-electron chi connectivity index (χ1n) is 8.81. The average Bonchev–Trinajstić information content (AvgIpc) is 2.76. The van der Waals surface area contributed by atoms with E-state index in [-0.39, 0.29) is 17.5 Å². The van der Waals surface area contributed by atoms with Crippen molar-refractivity contribution in [2.45, 2.75) is 0 Å².